The molecule has 6 unspecified atom stereocenters. The molecule has 0 spiro atoms. The summed E-state index contributed by atoms with van der Waals surface area (Å²) in [6.07, 6.45) is 3.25. The van der Waals surface area contributed by atoms with Crippen molar-refractivity contribution in [3.05, 3.63) is 102 Å². The number of fused-ring (bicyclic) bond motifs is 1. The monoisotopic (exact) mass is 794 g/mol. The molecule has 0 saturated carbocycles. The zero-order valence-electron chi connectivity index (χ0n) is 33.1. The minimum absolute atomic E-state index is 0.0126. The first-order chi connectivity index (χ1) is 27.9. The van der Waals surface area contributed by atoms with Crippen molar-refractivity contribution in [1.29, 1.82) is 0 Å². The summed E-state index contributed by atoms with van der Waals surface area (Å²) in [6, 6.07) is 15.8. The van der Waals surface area contributed by atoms with Crippen molar-refractivity contribution in [3.63, 3.8) is 0 Å². The number of nitrogens with one attached hydrogen (secondary N) is 6. The zero-order valence-corrected chi connectivity index (χ0v) is 33.1. The van der Waals surface area contributed by atoms with Crippen LogP contribution < -0.4 is 32.3 Å². The molecule has 1 aromatic heterocycles. The summed E-state index contributed by atoms with van der Waals surface area (Å²) < 4.78 is 0. The van der Waals surface area contributed by atoms with Gasteiger partial charge in [-0.2, -0.15) is 0 Å². The maximum absolute atomic E-state index is 14.4. The van der Waals surface area contributed by atoms with Gasteiger partial charge in [0.05, 0.1) is 0 Å². The number of aromatic amines is 1. The highest BCUT2D eigenvalue weighted by atomic mass is 16.3. The van der Waals surface area contributed by atoms with Gasteiger partial charge in [0.25, 0.3) is 0 Å². The Bertz CT molecular complexity index is 2050. The van der Waals surface area contributed by atoms with Crippen LogP contribution in [0.4, 0.5) is 0 Å². The van der Waals surface area contributed by atoms with Crippen LogP contribution in [-0.2, 0) is 48.0 Å². The number of hydrogen-bond acceptors (Lipinski definition) is 8. The third-order valence-electron chi connectivity index (χ3n) is 10.6. The Balaban J connectivity index is 1.55. The van der Waals surface area contributed by atoms with Crippen LogP contribution in [0.3, 0.4) is 0 Å². The van der Waals surface area contributed by atoms with Crippen LogP contribution in [0.25, 0.3) is 10.9 Å². The van der Waals surface area contributed by atoms with Crippen molar-refractivity contribution in [2.45, 2.75) is 95.0 Å². The molecule has 4 aromatic rings. The Kier molecular flexibility index (Phi) is 15.0. The highest BCUT2D eigenvalue weighted by molar-refractivity contribution is 5.98. The highest BCUT2D eigenvalue weighted by Gasteiger charge is 2.36. The molecule has 6 atom stereocenters. The summed E-state index contributed by atoms with van der Waals surface area (Å²) in [5.41, 5.74) is 8.67. The van der Waals surface area contributed by atoms with E-state index in [9.17, 15) is 33.9 Å². The van der Waals surface area contributed by atoms with Crippen LogP contribution >= 0.6 is 0 Å². The number of amides is 6. The van der Waals surface area contributed by atoms with Gasteiger partial charge in [0.2, 0.25) is 35.4 Å². The molecule has 1 aliphatic rings. The quantitative estimate of drug-likeness (QED) is 0.104. The fraction of sp³-hybridized carbons (Fsp3) is 0.395. The van der Waals surface area contributed by atoms with Crippen LogP contribution in [0.5, 0.6) is 5.75 Å². The van der Waals surface area contributed by atoms with Gasteiger partial charge in [-0.05, 0) is 74.0 Å². The predicted molar refractivity (Wildman–Crippen MR) is 219 cm³/mol. The van der Waals surface area contributed by atoms with Crippen molar-refractivity contribution in [1.82, 2.24) is 36.5 Å². The van der Waals surface area contributed by atoms with Gasteiger partial charge >= 0.3 is 0 Å². The van der Waals surface area contributed by atoms with E-state index in [1.54, 1.807) is 37.4 Å². The Morgan fingerprint density at radius 3 is 1.84 bits per heavy atom. The number of aromatic hydroxyl groups is 1. The molecule has 5 rings (SSSR count). The molecule has 308 valence electrons. The number of hydrogen-bond donors (Lipinski definition) is 8. The first-order valence-corrected chi connectivity index (χ1v) is 19.7. The number of phenols is 1. The molecule has 1 fully saturated rings. The molecule has 1 saturated heterocycles. The summed E-state index contributed by atoms with van der Waals surface area (Å²) in [6.45, 7) is 3.58. The largest absolute Gasteiger partial charge is 0.508 e. The van der Waals surface area contributed by atoms with E-state index in [0.717, 1.165) is 22.0 Å². The lowest BCUT2D eigenvalue weighted by Crippen LogP contribution is -2.61. The Labute approximate surface area is 337 Å². The molecule has 0 bridgehead atoms. The van der Waals surface area contributed by atoms with E-state index in [2.05, 4.69) is 31.6 Å². The topological polar surface area (TPSA) is 228 Å². The molecule has 0 radical (unpaired) electrons. The molecule has 15 nitrogen and oxygen atoms in total. The molecule has 15 heteroatoms. The van der Waals surface area contributed by atoms with Crippen molar-refractivity contribution in [2.24, 2.45) is 5.73 Å². The third kappa shape index (κ3) is 11.2. The van der Waals surface area contributed by atoms with Gasteiger partial charge in [-0.3, -0.25) is 28.8 Å². The molecule has 2 heterocycles. The summed E-state index contributed by atoms with van der Waals surface area (Å²) in [5.74, 6) is -3.76. The summed E-state index contributed by atoms with van der Waals surface area (Å²) in [7, 11) is 1.44. The fourth-order valence-electron chi connectivity index (χ4n) is 6.97. The number of aromatic nitrogens is 1. The number of benzene rings is 3. The number of nitrogens with zero attached hydrogens (tertiary/aromatic N) is 1. The second kappa shape index (κ2) is 20.3. The SMILES string of the molecule is CCC1NC(=O)C(CCCCN)NC(=O)C(Cc2c[nH]c3ccccc23)NC(=O)C(Cc2ccc(O)cc2)NC(=O)C(C)N(C)C(=O)C(Cc2ccccc2)NC1=O. The Morgan fingerprint density at radius 2 is 1.16 bits per heavy atom. The van der Waals surface area contributed by atoms with Crippen LogP contribution in [0.15, 0.2) is 85.1 Å². The molecule has 3 aromatic carbocycles. The summed E-state index contributed by atoms with van der Waals surface area (Å²) >= 11 is 0. The van der Waals surface area contributed by atoms with Crippen LogP contribution in [0.2, 0.25) is 0 Å². The summed E-state index contributed by atoms with van der Waals surface area (Å²) in [4.78, 5) is 89.2. The predicted octanol–water partition coefficient (Wildman–Crippen LogP) is 1.72. The van der Waals surface area contributed by atoms with E-state index >= 15 is 0 Å². The number of carbonyl (C=O) groups excluding carboxylic acids is 6. The first-order valence-electron chi connectivity index (χ1n) is 19.7. The normalized spacial score (nSPS) is 22.9. The standard InChI is InChI=1S/C43H54N8O7/c1-4-32-39(54)50-37(23-27-12-6-5-7-13-27)43(58)51(3)26(2)38(53)48-35(22-28-17-19-30(52)20-18-28)41(56)49-36(24-29-25-45-33-15-9-8-14-31(29)33)42(57)47-34(40(55)46-32)16-10-11-21-44/h5-9,12-15,17-20,25-26,32,34-37,45,52H,4,10-11,16,21-24,44H2,1-3H3,(H,46,55)(H,47,57)(H,48,53)(H,49,56)(H,50,54). The van der Waals surface area contributed by atoms with Gasteiger partial charge in [-0.15, -0.1) is 0 Å². The van der Waals surface area contributed by atoms with Crippen LogP contribution in [-0.4, -0.2) is 100 Å². The van der Waals surface area contributed by atoms with E-state index in [4.69, 9.17) is 5.73 Å². The van der Waals surface area contributed by atoms with E-state index in [0.29, 0.717) is 24.9 Å². The highest BCUT2D eigenvalue weighted by Crippen LogP contribution is 2.20. The van der Waals surface area contributed by atoms with Crippen molar-refractivity contribution < 1.29 is 33.9 Å². The number of rotatable bonds is 11. The van der Waals surface area contributed by atoms with E-state index in [-0.39, 0.29) is 37.9 Å². The number of para-hydroxylation sites is 1. The van der Waals surface area contributed by atoms with E-state index in [1.165, 1.54) is 31.0 Å². The number of H-pyrrole nitrogens is 1. The number of unbranched alkanes of at least 4 members (excludes halogenated alkanes) is 1. The fourth-order valence-corrected chi connectivity index (χ4v) is 6.97. The number of nitrogens with two attached hydrogens (primary N) is 1. The van der Waals surface area contributed by atoms with E-state index in [1.807, 2.05) is 42.5 Å². The average Bonchev–Trinajstić information content (AvgIpc) is 3.63. The second-order valence-electron chi connectivity index (χ2n) is 14.7. The van der Waals surface area contributed by atoms with Gasteiger partial charge in [0.15, 0.2) is 0 Å². The minimum Gasteiger partial charge on any atom is -0.508 e. The molecule has 0 aliphatic carbocycles. The summed E-state index contributed by atoms with van der Waals surface area (Å²) in [5, 5.41) is 24.8. The minimum atomic E-state index is -1.24. The van der Waals surface area contributed by atoms with Gasteiger partial charge in [0, 0.05) is 43.4 Å². The maximum Gasteiger partial charge on any atom is 0.245 e. The lowest BCUT2D eigenvalue weighted by atomic mass is 10.0. The lowest BCUT2D eigenvalue weighted by molar-refractivity contribution is -0.142. The van der Waals surface area contributed by atoms with Gasteiger partial charge in [-0.1, -0.05) is 67.6 Å². The van der Waals surface area contributed by atoms with Gasteiger partial charge < -0.3 is 47.3 Å². The first kappa shape index (κ1) is 42.9. The van der Waals surface area contributed by atoms with Gasteiger partial charge in [0.1, 0.15) is 42.0 Å². The zero-order chi connectivity index (χ0) is 41.8. The Morgan fingerprint density at radius 1 is 0.621 bits per heavy atom. The van der Waals surface area contributed by atoms with Crippen molar-refractivity contribution in [2.75, 3.05) is 13.6 Å². The average molecular weight is 795 g/mol. The van der Waals surface area contributed by atoms with Crippen molar-refractivity contribution >= 4 is 46.3 Å². The van der Waals surface area contributed by atoms with E-state index < -0.39 is 71.7 Å². The van der Waals surface area contributed by atoms with Crippen LogP contribution in [0, 0.1) is 0 Å². The number of likely N-dealkylation sites (N-methyl/N-ethyl adjacent to an activating group) is 1. The number of phenolic OH excluding ortho intramolecular Hbond substituents is 1. The number of carbonyl (C=O) groups is 6. The second-order valence-corrected chi connectivity index (χ2v) is 14.7. The van der Waals surface area contributed by atoms with Gasteiger partial charge in [-0.25, -0.2) is 0 Å². The lowest BCUT2D eigenvalue weighted by Gasteiger charge is -2.32. The Hall–Kier alpha value is -6.22. The molecule has 6 amide bonds. The molecular formula is C43H54N8O7. The third-order valence-corrected chi connectivity index (χ3v) is 10.6. The molecule has 1 aliphatic heterocycles. The molecule has 9 N–H and O–H groups in total. The maximum atomic E-state index is 14.4. The molecule has 58 heavy (non-hydrogen) atoms. The van der Waals surface area contributed by atoms with Crippen LogP contribution in [0.1, 0.15) is 56.2 Å². The molecular weight excluding hydrogens is 741 g/mol. The van der Waals surface area contributed by atoms with Crippen molar-refractivity contribution in [3.8, 4) is 5.75 Å². The smallest absolute Gasteiger partial charge is 0.245 e.